The molecule has 1 aromatic carbocycles. The summed E-state index contributed by atoms with van der Waals surface area (Å²) in [5, 5.41) is 3.45. The Labute approximate surface area is 121 Å². The number of para-hydroxylation sites is 1. The van der Waals surface area contributed by atoms with Gasteiger partial charge in [0, 0.05) is 31.9 Å². The molecule has 20 heavy (non-hydrogen) atoms. The number of ether oxygens (including phenoxy) is 3. The van der Waals surface area contributed by atoms with Gasteiger partial charge in [-0.1, -0.05) is 18.2 Å². The van der Waals surface area contributed by atoms with Crippen LogP contribution >= 0.6 is 0 Å². The molecule has 0 radical (unpaired) electrons. The van der Waals surface area contributed by atoms with E-state index in [0.717, 1.165) is 32.1 Å². The highest BCUT2D eigenvalue weighted by Gasteiger charge is 2.14. The Bertz CT molecular complexity index is 378. The summed E-state index contributed by atoms with van der Waals surface area (Å²) in [6, 6.07) is 8.14. The maximum absolute atomic E-state index is 5.77. The van der Waals surface area contributed by atoms with Crippen molar-refractivity contribution in [1.29, 1.82) is 0 Å². The van der Waals surface area contributed by atoms with Crippen LogP contribution in [0.25, 0.3) is 0 Å². The molecule has 0 unspecified atom stereocenters. The molecule has 0 saturated carbocycles. The number of hydrogen-bond donors (Lipinski definition) is 1. The molecule has 1 N–H and O–H groups in total. The molecule has 1 fully saturated rings. The fourth-order valence-electron chi connectivity index (χ4n) is 2.32. The Balaban J connectivity index is 1.74. The predicted octanol–water partition coefficient (Wildman–Crippen LogP) is 2.37. The summed E-state index contributed by atoms with van der Waals surface area (Å²) in [7, 11) is 0. The standard InChI is InChI=1S/C16H25NO3/c1-2-18-10-11-20-16-8-4-3-6-14(16)12-17-13-15-7-5-9-19-15/h3-4,6,8,15,17H,2,5,7,9-13H2,1H3/t15-/m1/s1. The van der Waals surface area contributed by atoms with E-state index in [0.29, 0.717) is 19.3 Å². The Hall–Kier alpha value is -1.10. The second-order valence-electron chi connectivity index (χ2n) is 4.92. The molecular formula is C16H25NO3. The van der Waals surface area contributed by atoms with Gasteiger partial charge in [-0.25, -0.2) is 0 Å². The summed E-state index contributed by atoms with van der Waals surface area (Å²) in [5.74, 6) is 0.937. The molecule has 0 aliphatic carbocycles. The molecule has 4 nitrogen and oxygen atoms in total. The van der Waals surface area contributed by atoms with Gasteiger partial charge >= 0.3 is 0 Å². The minimum atomic E-state index is 0.376. The van der Waals surface area contributed by atoms with Gasteiger partial charge in [-0.05, 0) is 25.8 Å². The van der Waals surface area contributed by atoms with Crippen LogP contribution in [0, 0.1) is 0 Å². The van der Waals surface area contributed by atoms with Crippen LogP contribution in [0.3, 0.4) is 0 Å². The van der Waals surface area contributed by atoms with Gasteiger partial charge in [0.05, 0.1) is 12.7 Å². The minimum Gasteiger partial charge on any atom is -0.491 e. The lowest BCUT2D eigenvalue weighted by Gasteiger charge is -2.14. The maximum Gasteiger partial charge on any atom is 0.123 e. The molecule has 1 atom stereocenters. The smallest absolute Gasteiger partial charge is 0.123 e. The fourth-order valence-corrected chi connectivity index (χ4v) is 2.32. The van der Waals surface area contributed by atoms with Crippen LogP contribution in [0.1, 0.15) is 25.3 Å². The lowest BCUT2D eigenvalue weighted by Crippen LogP contribution is -2.26. The lowest BCUT2D eigenvalue weighted by atomic mass is 10.2. The molecular weight excluding hydrogens is 254 g/mol. The van der Waals surface area contributed by atoms with Crippen molar-refractivity contribution < 1.29 is 14.2 Å². The van der Waals surface area contributed by atoms with E-state index in [4.69, 9.17) is 14.2 Å². The number of benzene rings is 1. The van der Waals surface area contributed by atoms with Crippen LogP contribution < -0.4 is 10.1 Å². The third-order valence-electron chi connectivity index (χ3n) is 3.37. The highest BCUT2D eigenvalue weighted by atomic mass is 16.5. The van der Waals surface area contributed by atoms with E-state index in [1.807, 2.05) is 25.1 Å². The largest absolute Gasteiger partial charge is 0.491 e. The Kier molecular flexibility index (Phi) is 6.84. The molecule has 0 amide bonds. The molecule has 1 saturated heterocycles. The first kappa shape index (κ1) is 15.3. The van der Waals surface area contributed by atoms with Crippen molar-refractivity contribution in [3.05, 3.63) is 29.8 Å². The molecule has 1 heterocycles. The normalized spacial score (nSPS) is 18.4. The summed E-state index contributed by atoms with van der Waals surface area (Å²) in [6.45, 7) is 6.57. The third kappa shape index (κ3) is 5.12. The van der Waals surface area contributed by atoms with E-state index in [1.54, 1.807) is 0 Å². The summed E-state index contributed by atoms with van der Waals surface area (Å²) < 4.78 is 16.7. The van der Waals surface area contributed by atoms with Crippen molar-refractivity contribution in [2.45, 2.75) is 32.4 Å². The number of rotatable bonds is 9. The van der Waals surface area contributed by atoms with Gasteiger partial charge in [0.1, 0.15) is 12.4 Å². The first-order valence-electron chi connectivity index (χ1n) is 7.51. The van der Waals surface area contributed by atoms with Crippen molar-refractivity contribution in [2.75, 3.05) is 33.0 Å². The quantitative estimate of drug-likeness (QED) is 0.705. The van der Waals surface area contributed by atoms with Crippen LogP contribution in [-0.2, 0) is 16.0 Å². The molecule has 4 heteroatoms. The van der Waals surface area contributed by atoms with E-state index < -0.39 is 0 Å². The zero-order chi connectivity index (χ0) is 14.0. The predicted molar refractivity (Wildman–Crippen MR) is 79.1 cm³/mol. The highest BCUT2D eigenvalue weighted by molar-refractivity contribution is 5.33. The topological polar surface area (TPSA) is 39.7 Å². The summed E-state index contributed by atoms with van der Waals surface area (Å²) >= 11 is 0. The van der Waals surface area contributed by atoms with E-state index in [2.05, 4.69) is 11.4 Å². The van der Waals surface area contributed by atoms with Crippen LogP contribution in [-0.4, -0.2) is 39.1 Å². The van der Waals surface area contributed by atoms with Crippen LogP contribution in [0.2, 0.25) is 0 Å². The van der Waals surface area contributed by atoms with E-state index in [1.165, 1.54) is 18.4 Å². The average molecular weight is 279 g/mol. The maximum atomic E-state index is 5.77. The Morgan fingerprint density at radius 1 is 1.30 bits per heavy atom. The molecule has 0 bridgehead atoms. The number of nitrogens with one attached hydrogen (secondary N) is 1. The summed E-state index contributed by atoms with van der Waals surface area (Å²) in [6.07, 6.45) is 2.73. The van der Waals surface area contributed by atoms with Gasteiger partial charge in [-0.2, -0.15) is 0 Å². The monoisotopic (exact) mass is 279 g/mol. The van der Waals surface area contributed by atoms with Crippen molar-refractivity contribution in [3.8, 4) is 5.75 Å². The molecule has 112 valence electrons. The van der Waals surface area contributed by atoms with E-state index in [9.17, 15) is 0 Å². The SMILES string of the molecule is CCOCCOc1ccccc1CNC[C@H]1CCCO1. The second kappa shape index (κ2) is 8.95. The summed E-state index contributed by atoms with van der Waals surface area (Å²) in [4.78, 5) is 0. The van der Waals surface area contributed by atoms with Crippen LogP contribution in [0.4, 0.5) is 0 Å². The van der Waals surface area contributed by atoms with Crippen LogP contribution in [0.5, 0.6) is 5.75 Å². The van der Waals surface area contributed by atoms with Crippen molar-refractivity contribution >= 4 is 0 Å². The minimum absolute atomic E-state index is 0.376. The van der Waals surface area contributed by atoms with Gasteiger partial charge in [0.15, 0.2) is 0 Å². The van der Waals surface area contributed by atoms with Gasteiger partial charge in [-0.3, -0.25) is 0 Å². The molecule has 0 aromatic heterocycles. The van der Waals surface area contributed by atoms with E-state index in [-0.39, 0.29) is 0 Å². The zero-order valence-corrected chi connectivity index (χ0v) is 12.3. The fraction of sp³-hybridized carbons (Fsp3) is 0.625. The highest BCUT2D eigenvalue weighted by Crippen LogP contribution is 2.18. The van der Waals surface area contributed by atoms with Crippen molar-refractivity contribution in [1.82, 2.24) is 5.32 Å². The first-order valence-corrected chi connectivity index (χ1v) is 7.51. The average Bonchev–Trinajstić information content (AvgIpc) is 2.98. The van der Waals surface area contributed by atoms with Gasteiger partial charge in [0.2, 0.25) is 0 Å². The Morgan fingerprint density at radius 3 is 3.00 bits per heavy atom. The summed E-state index contributed by atoms with van der Waals surface area (Å²) in [5.41, 5.74) is 1.18. The molecule has 2 rings (SSSR count). The van der Waals surface area contributed by atoms with Crippen molar-refractivity contribution in [3.63, 3.8) is 0 Å². The lowest BCUT2D eigenvalue weighted by molar-refractivity contribution is 0.108. The molecule has 1 aliphatic rings. The molecule has 0 spiro atoms. The van der Waals surface area contributed by atoms with Crippen molar-refractivity contribution in [2.24, 2.45) is 0 Å². The molecule has 1 aromatic rings. The number of hydrogen-bond acceptors (Lipinski definition) is 4. The van der Waals surface area contributed by atoms with Gasteiger partial charge in [0.25, 0.3) is 0 Å². The van der Waals surface area contributed by atoms with Gasteiger partial charge < -0.3 is 19.5 Å². The van der Waals surface area contributed by atoms with E-state index >= 15 is 0 Å². The molecule has 1 aliphatic heterocycles. The Morgan fingerprint density at radius 2 is 2.20 bits per heavy atom. The van der Waals surface area contributed by atoms with Gasteiger partial charge in [-0.15, -0.1) is 0 Å². The van der Waals surface area contributed by atoms with Crippen LogP contribution in [0.15, 0.2) is 24.3 Å². The zero-order valence-electron chi connectivity index (χ0n) is 12.3. The first-order chi connectivity index (χ1) is 9.90. The second-order valence-corrected chi connectivity index (χ2v) is 4.92. The third-order valence-corrected chi connectivity index (χ3v) is 3.37.